The second kappa shape index (κ2) is 11.9. The van der Waals surface area contributed by atoms with Crippen molar-refractivity contribution in [3.63, 3.8) is 0 Å². The van der Waals surface area contributed by atoms with Gasteiger partial charge in [0.05, 0.1) is 24.3 Å². The fourth-order valence-corrected chi connectivity index (χ4v) is 4.93. The molecule has 0 aliphatic carbocycles. The molecule has 0 saturated heterocycles. The third-order valence-corrected chi connectivity index (χ3v) is 7.01. The first-order valence-corrected chi connectivity index (χ1v) is 12.3. The van der Waals surface area contributed by atoms with Gasteiger partial charge in [0.2, 0.25) is 10.0 Å². The van der Waals surface area contributed by atoms with Crippen LogP contribution >= 0.6 is 11.6 Å². The predicted molar refractivity (Wildman–Crippen MR) is 121 cm³/mol. The number of ether oxygens (including phenoxy) is 1. The molecule has 0 saturated carbocycles. The number of hydrogen-bond donors (Lipinski definition) is 1. The standard InChI is InChI=1S/C23H27ClF3NO4S/c1-3-21(22(29)32-2)17-9-7-16(8-10-17)5-4-6-19(15-23(25,26)27)28-33(30,31)20-13-11-18(24)12-14-20/h7-14,19,21,28H,3-6,15H2,1-2H3. The van der Waals surface area contributed by atoms with Crippen LogP contribution in [0.5, 0.6) is 0 Å². The molecule has 0 spiro atoms. The molecule has 10 heteroatoms. The van der Waals surface area contributed by atoms with E-state index in [-0.39, 0.29) is 23.2 Å². The van der Waals surface area contributed by atoms with Crippen LogP contribution in [0.3, 0.4) is 0 Å². The van der Waals surface area contributed by atoms with Crippen LogP contribution in [-0.2, 0) is 26.0 Å². The number of alkyl halides is 3. The fourth-order valence-electron chi connectivity index (χ4n) is 3.53. The summed E-state index contributed by atoms with van der Waals surface area (Å²) in [4.78, 5) is 11.7. The van der Waals surface area contributed by atoms with Crippen LogP contribution in [0.2, 0.25) is 5.02 Å². The van der Waals surface area contributed by atoms with E-state index in [9.17, 15) is 26.4 Å². The lowest BCUT2D eigenvalue weighted by Gasteiger charge is -2.20. The van der Waals surface area contributed by atoms with E-state index < -0.39 is 28.7 Å². The summed E-state index contributed by atoms with van der Waals surface area (Å²) in [6.45, 7) is 1.88. The quantitative estimate of drug-likeness (QED) is 0.402. The van der Waals surface area contributed by atoms with Gasteiger partial charge >= 0.3 is 12.1 Å². The minimum atomic E-state index is -4.52. The number of methoxy groups -OCH3 is 1. The first kappa shape index (κ1) is 27.1. The van der Waals surface area contributed by atoms with E-state index in [4.69, 9.17) is 16.3 Å². The van der Waals surface area contributed by atoms with Gasteiger partial charge in [-0.2, -0.15) is 13.2 Å². The topological polar surface area (TPSA) is 72.5 Å². The Bertz CT molecular complexity index is 1010. The molecule has 33 heavy (non-hydrogen) atoms. The Kier molecular flexibility index (Phi) is 9.75. The average molecular weight is 506 g/mol. The summed E-state index contributed by atoms with van der Waals surface area (Å²) in [7, 11) is -2.79. The van der Waals surface area contributed by atoms with Crippen molar-refractivity contribution < 1.29 is 31.1 Å². The highest BCUT2D eigenvalue weighted by molar-refractivity contribution is 7.89. The van der Waals surface area contributed by atoms with Crippen LogP contribution in [0.4, 0.5) is 13.2 Å². The van der Waals surface area contributed by atoms with Crippen LogP contribution in [0.15, 0.2) is 53.4 Å². The van der Waals surface area contributed by atoms with Gasteiger partial charge in [-0.15, -0.1) is 0 Å². The van der Waals surface area contributed by atoms with Crippen molar-refractivity contribution >= 4 is 27.6 Å². The van der Waals surface area contributed by atoms with Crippen LogP contribution in [0.1, 0.15) is 49.7 Å². The summed E-state index contributed by atoms with van der Waals surface area (Å²) in [6, 6.07) is 11.2. The van der Waals surface area contributed by atoms with Crippen LogP contribution in [0, 0.1) is 0 Å². The van der Waals surface area contributed by atoms with Crippen molar-refractivity contribution in [3.8, 4) is 0 Å². The Balaban J connectivity index is 2.03. The van der Waals surface area contributed by atoms with E-state index in [0.717, 1.165) is 11.1 Å². The molecule has 2 rings (SSSR count). The summed E-state index contributed by atoms with van der Waals surface area (Å²) in [5.74, 6) is -0.698. The molecule has 1 N–H and O–H groups in total. The van der Waals surface area contributed by atoms with E-state index in [1.807, 2.05) is 19.1 Å². The normalized spacial score (nSPS) is 14.0. The average Bonchev–Trinajstić information content (AvgIpc) is 2.74. The fraction of sp³-hybridized carbons (Fsp3) is 0.435. The molecule has 182 valence electrons. The van der Waals surface area contributed by atoms with Crippen LogP contribution in [0.25, 0.3) is 0 Å². The summed E-state index contributed by atoms with van der Waals surface area (Å²) in [5, 5.41) is 0.323. The lowest BCUT2D eigenvalue weighted by molar-refractivity contribution is -0.142. The molecule has 0 aliphatic heterocycles. The number of rotatable bonds is 11. The number of aryl methyl sites for hydroxylation is 1. The molecule has 0 aliphatic rings. The van der Waals surface area contributed by atoms with Gasteiger partial charge in [-0.05, 0) is 61.1 Å². The maximum Gasteiger partial charge on any atom is 0.390 e. The number of carbonyl (C=O) groups excluding carboxylic acids is 1. The van der Waals surface area contributed by atoms with Crippen molar-refractivity contribution in [2.45, 2.75) is 62.1 Å². The van der Waals surface area contributed by atoms with Crippen molar-refractivity contribution in [1.29, 1.82) is 0 Å². The Morgan fingerprint density at radius 1 is 1.09 bits per heavy atom. The van der Waals surface area contributed by atoms with Crippen molar-refractivity contribution in [3.05, 3.63) is 64.7 Å². The third-order valence-electron chi connectivity index (χ3n) is 5.22. The molecule has 2 unspecified atom stereocenters. The van der Waals surface area contributed by atoms with E-state index in [1.165, 1.54) is 31.4 Å². The van der Waals surface area contributed by atoms with Crippen molar-refractivity contribution in [2.24, 2.45) is 0 Å². The van der Waals surface area contributed by atoms with Gasteiger partial charge in [0, 0.05) is 11.1 Å². The lowest BCUT2D eigenvalue weighted by atomic mass is 9.94. The summed E-state index contributed by atoms with van der Waals surface area (Å²) in [5.41, 5.74) is 1.68. The molecule has 2 atom stereocenters. The van der Waals surface area contributed by atoms with Gasteiger partial charge in [0.1, 0.15) is 0 Å². The number of sulfonamides is 1. The Labute approximate surface area is 197 Å². The second-order valence-corrected chi connectivity index (χ2v) is 9.86. The maximum absolute atomic E-state index is 13.0. The predicted octanol–water partition coefficient (Wildman–Crippen LogP) is 5.63. The van der Waals surface area contributed by atoms with Crippen LogP contribution < -0.4 is 4.72 Å². The molecule has 0 aromatic heterocycles. The third kappa shape index (κ3) is 8.64. The molecule has 0 bridgehead atoms. The number of esters is 1. The number of halogens is 4. The zero-order valence-corrected chi connectivity index (χ0v) is 19.9. The van der Waals surface area contributed by atoms with Gasteiger partial charge < -0.3 is 4.74 Å². The molecule has 5 nitrogen and oxygen atoms in total. The highest BCUT2D eigenvalue weighted by atomic mass is 35.5. The molecular weight excluding hydrogens is 479 g/mol. The molecule has 0 heterocycles. The number of hydrogen-bond acceptors (Lipinski definition) is 4. The number of carbonyl (C=O) groups is 1. The summed E-state index contributed by atoms with van der Waals surface area (Å²) >= 11 is 5.75. The highest BCUT2D eigenvalue weighted by Gasteiger charge is 2.34. The van der Waals surface area contributed by atoms with Crippen molar-refractivity contribution in [1.82, 2.24) is 4.72 Å². The summed E-state index contributed by atoms with van der Waals surface area (Å²) in [6.07, 6.45) is -4.38. The van der Waals surface area contributed by atoms with Gasteiger partial charge in [-0.3, -0.25) is 4.79 Å². The Morgan fingerprint density at radius 2 is 1.70 bits per heavy atom. The van der Waals surface area contributed by atoms with Gasteiger partial charge in [-0.25, -0.2) is 13.1 Å². The maximum atomic E-state index is 13.0. The van der Waals surface area contributed by atoms with Gasteiger partial charge in [-0.1, -0.05) is 42.8 Å². The first-order valence-electron chi connectivity index (χ1n) is 10.5. The minimum absolute atomic E-state index is 0.00776. The minimum Gasteiger partial charge on any atom is -0.469 e. The van der Waals surface area contributed by atoms with E-state index in [1.54, 1.807) is 12.1 Å². The summed E-state index contributed by atoms with van der Waals surface area (Å²) < 4.78 is 71.2. The molecule has 2 aromatic rings. The van der Waals surface area contributed by atoms with E-state index in [2.05, 4.69) is 4.72 Å². The second-order valence-electron chi connectivity index (χ2n) is 7.71. The van der Waals surface area contributed by atoms with Crippen molar-refractivity contribution in [2.75, 3.05) is 7.11 Å². The Hall–Kier alpha value is -2.10. The first-order chi connectivity index (χ1) is 15.4. The monoisotopic (exact) mass is 505 g/mol. The van der Waals surface area contributed by atoms with E-state index >= 15 is 0 Å². The largest absolute Gasteiger partial charge is 0.469 e. The molecular formula is C23H27ClF3NO4S. The molecule has 0 radical (unpaired) electrons. The highest BCUT2D eigenvalue weighted by Crippen LogP contribution is 2.26. The number of benzene rings is 2. The Morgan fingerprint density at radius 3 is 2.21 bits per heavy atom. The van der Waals surface area contributed by atoms with E-state index in [0.29, 0.717) is 24.3 Å². The smallest absolute Gasteiger partial charge is 0.390 e. The van der Waals surface area contributed by atoms with Gasteiger partial charge in [0.25, 0.3) is 0 Å². The molecule has 0 amide bonds. The van der Waals surface area contributed by atoms with Gasteiger partial charge in [0.15, 0.2) is 0 Å². The lowest BCUT2D eigenvalue weighted by Crippen LogP contribution is -2.38. The van der Waals surface area contributed by atoms with Crippen LogP contribution in [-0.4, -0.2) is 33.7 Å². The zero-order valence-electron chi connectivity index (χ0n) is 18.4. The SMILES string of the molecule is CCC(C(=O)OC)c1ccc(CCCC(CC(F)(F)F)NS(=O)(=O)c2ccc(Cl)cc2)cc1. The molecule has 2 aromatic carbocycles. The number of nitrogens with one attached hydrogen (secondary N) is 1. The zero-order chi connectivity index (χ0) is 24.6. The molecule has 0 fully saturated rings.